The van der Waals surface area contributed by atoms with Gasteiger partial charge in [0.05, 0.1) is 0 Å². The molecule has 0 bridgehead atoms. The van der Waals surface area contributed by atoms with Gasteiger partial charge in [-0.25, -0.2) is 0 Å². The summed E-state index contributed by atoms with van der Waals surface area (Å²) < 4.78 is 0. The van der Waals surface area contributed by atoms with Crippen molar-refractivity contribution in [2.75, 3.05) is 20.6 Å². The Bertz CT molecular complexity index is 180. The van der Waals surface area contributed by atoms with Crippen LogP contribution in [0.5, 0.6) is 0 Å². The van der Waals surface area contributed by atoms with E-state index < -0.39 is 0 Å². The Hall–Kier alpha value is -0.630. The Labute approximate surface area is 67.9 Å². The van der Waals surface area contributed by atoms with Crippen molar-refractivity contribution in [1.29, 1.82) is 0 Å². The van der Waals surface area contributed by atoms with Crippen molar-refractivity contribution >= 4 is 5.78 Å². The summed E-state index contributed by atoms with van der Waals surface area (Å²) in [5.74, 6) is 0.598. The Morgan fingerprint density at radius 3 is 2.45 bits per heavy atom. The van der Waals surface area contributed by atoms with Crippen LogP contribution >= 0.6 is 0 Å². The Kier molecular flexibility index (Phi) is 2.45. The minimum atomic E-state index is 0.277. The van der Waals surface area contributed by atoms with Crippen LogP contribution in [0.1, 0.15) is 12.8 Å². The van der Waals surface area contributed by atoms with Crippen LogP contribution < -0.4 is 0 Å². The number of rotatable bonds is 4. The number of nitrogens with zero attached hydrogens (tertiary/aromatic N) is 1. The average Bonchev–Trinajstić information content (AvgIpc) is 2.65. The number of carbonyl (C=O) groups excluding carboxylic acids is 1. The fourth-order valence-electron chi connectivity index (χ4n) is 1.09. The van der Waals surface area contributed by atoms with Crippen LogP contribution in [-0.2, 0) is 4.79 Å². The van der Waals surface area contributed by atoms with E-state index in [4.69, 9.17) is 0 Å². The van der Waals surface area contributed by atoms with Gasteiger partial charge in [-0.2, -0.15) is 0 Å². The number of carbonyl (C=O) groups is 1. The zero-order chi connectivity index (χ0) is 8.43. The molecule has 0 aromatic heterocycles. The molecule has 0 atom stereocenters. The van der Waals surface area contributed by atoms with Gasteiger partial charge in [0.2, 0.25) is 0 Å². The summed E-state index contributed by atoms with van der Waals surface area (Å²) in [6, 6.07) is 0. The molecule has 0 spiro atoms. The van der Waals surface area contributed by atoms with Crippen LogP contribution in [0.4, 0.5) is 0 Å². The van der Waals surface area contributed by atoms with Gasteiger partial charge >= 0.3 is 0 Å². The topological polar surface area (TPSA) is 20.3 Å². The van der Waals surface area contributed by atoms with Crippen molar-refractivity contribution in [1.82, 2.24) is 4.90 Å². The molecule has 1 aliphatic rings. The monoisotopic (exact) mass is 153 g/mol. The fraction of sp³-hybridized carbons (Fsp3) is 0.667. The maximum Gasteiger partial charge on any atom is 0.162 e. The molecule has 1 fully saturated rings. The summed E-state index contributed by atoms with van der Waals surface area (Å²) >= 11 is 0. The summed E-state index contributed by atoms with van der Waals surface area (Å²) in [7, 11) is 3.90. The summed E-state index contributed by atoms with van der Waals surface area (Å²) in [4.78, 5) is 13.3. The van der Waals surface area contributed by atoms with Crippen LogP contribution in [0.3, 0.4) is 0 Å². The Morgan fingerprint density at radius 1 is 1.55 bits per heavy atom. The third kappa shape index (κ3) is 2.46. The number of Topliss-reactive ketones (excluding diaryl/α,β-unsaturated/α-hetero) is 1. The first-order valence-electron chi connectivity index (χ1n) is 3.98. The van der Waals surface area contributed by atoms with Gasteiger partial charge in [-0.3, -0.25) is 4.79 Å². The fourth-order valence-corrected chi connectivity index (χ4v) is 1.09. The van der Waals surface area contributed by atoms with Crippen molar-refractivity contribution in [2.45, 2.75) is 12.8 Å². The molecule has 0 aromatic rings. The lowest BCUT2D eigenvalue weighted by molar-refractivity contribution is -0.116. The molecule has 62 valence electrons. The minimum absolute atomic E-state index is 0.277. The maximum atomic E-state index is 11.3. The van der Waals surface area contributed by atoms with Crippen LogP contribution in [-0.4, -0.2) is 31.3 Å². The van der Waals surface area contributed by atoms with Gasteiger partial charge in [-0.15, -0.1) is 0 Å². The van der Waals surface area contributed by atoms with Crippen LogP contribution in [0.25, 0.3) is 0 Å². The third-order valence-corrected chi connectivity index (χ3v) is 1.80. The van der Waals surface area contributed by atoms with Gasteiger partial charge in [0.1, 0.15) is 0 Å². The second kappa shape index (κ2) is 3.18. The van der Waals surface area contributed by atoms with E-state index in [0.717, 1.165) is 18.4 Å². The number of likely N-dealkylation sites (N-methyl/N-ethyl adjacent to an activating group) is 1. The highest BCUT2D eigenvalue weighted by Crippen LogP contribution is 2.31. The Balaban J connectivity index is 2.34. The molecule has 11 heavy (non-hydrogen) atoms. The average molecular weight is 153 g/mol. The third-order valence-electron chi connectivity index (χ3n) is 1.80. The van der Waals surface area contributed by atoms with Gasteiger partial charge in [-0.1, -0.05) is 6.58 Å². The number of hydrogen-bond acceptors (Lipinski definition) is 2. The first-order chi connectivity index (χ1) is 5.11. The first-order valence-corrected chi connectivity index (χ1v) is 3.98. The summed E-state index contributed by atoms with van der Waals surface area (Å²) in [5.41, 5.74) is 0.762. The highest BCUT2D eigenvalue weighted by molar-refractivity contribution is 5.98. The molecule has 0 saturated heterocycles. The molecule has 0 radical (unpaired) electrons. The van der Waals surface area contributed by atoms with E-state index in [0.29, 0.717) is 12.5 Å². The van der Waals surface area contributed by atoms with Crippen molar-refractivity contribution in [3.63, 3.8) is 0 Å². The lowest BCUT2D eigenvalue weighted by Crippen LogP contribution is -2.19. The second-order valence-corrected chi connectivity index (χ2v) is 3.48. The van der Waals surface area contributed by atoms with E-state index in [9.17, 15) is 4.79 Å². The lowest BCUT2D eigenvalue weighted by atomic mass is 10.1. The molecule has 0 unspecified atom stereocenters. The smallest absolute Gasteiger partial charge is 0.162 e. The zero-order valence-corrected chi connectivity index (χ0v) is 7.26. The largest absolute Gasteiger partial charge is 0.305 e. The second-order valence-electron chi connectivity index (χ2n) is 3.48. The van der Waals surface area contributed by atoms with E-state index in [-0.39, 0.29) is 5.78 Å². The maximum absolute atomic E-state index is 11.3. The normalized spacial score (nSPS) is 17.0. The van der Waals surface area contributed by atoms with Gasteiger partial charge in [0.15, 0.2) is 5.78 Å². The number of hydrogen-bond donors (Lipinski definition) is 0. The molecule has 1 rings (SSSR count). The lowest BCUT2D eigenvalue weighted by Gasteiger charge is -2.10. The van der Waals surface area contributed by atoms with Crippen LogP contribution in [0.2, 0.25) is 0 Å². The highest BCUT2D eigenvalue weighted by Gasteiger charge is 2.30. The highest BCUT2D eigenvalue weighted by atomic mass is 16.1. The van der Waals surface area contributed by atoms with E-state index >= 15 is 0 Å². The van der Waals surface area contributed by atoms with Crippen molar-refractivity contribution in [3.8, 4) is 0 Å². The SMILES string of the molecule is C=C(CN(C)C)C(=O)C1CC1. The minimum Gasteiger partial charge on any atom is -0.305 e. The molecular formula is C9H15NO. The first kappa shape index (κ1) is 8.47. The Morgan fingerprint density at radius 2 is 2.09 bits per heavy atom. The summed E-state index contributed by atoms with van der Waals surface area (Å²) in [6.45, 7) is 4.47. The van der Waals surface area contributed by atoms with Gasteiger partial charge in [0.25, 0.3) is 0 Å². The van der Waals surface area contributed by atoms with Gasteiger partial charge in [-0.05, 0) is 26.9 Å². The van der Waals surface area contributed by atoms with E-state index in [1.807, 2.05) is 19.0 Å². The van der Waals surface area contributed by atoms with Crippen LogP contribution in [0.15, 0.2) is 12.2 Å². The van der Waals surface area contributed by atoms with Gasteiger partial charge < -0.3 is 4.90 Å². The molecule has 1 saturated carbocycles. The summed E-state index contributed by atoms with van der Waals surface area (Å²) in [6.07, 6.45) is 2.15. The predicted molar refractivity (Wildman–Crippen MR) is 45.4 cm³/mol. The molecule has 0 amide bonds. The van der Waals surface area contributed by atoms with Gasteiger partial charge in [0, 0.05) is 18.0 Å². The molecule has 0 N–H and O–H groups in total. The molecule has 0 aliphatic heterocycles. The van der Waals surface area contributed by atoms with Crippen molar-refractivity contribution in [3.05, 3.63) is 12.2 Å². The zero-order valence-electron chi connectivity index (χ0n) is 7.26. The molecular weight excluding hydrogens is 138 g/mol. The van der Waals surface area contributed by atoms with E-state index in [2.05, 4.69) is 6.58 Å². The number of ketones is 1. The van der Waals surface area contributed by atoms with Crippen molar-refractivity contribution < 1.29 is 4.79 Å². The standard InChI is InChI=1S/C9H15NO/c1-7(6-10(2)3)9(11)8-4-5-8/h8H,1,4-6H2,2-3H3. The molecule has 0 heterocycles. The molecule has 2 heteroatoms. The quantitative estimate of drug-likeness (QED) is 0.563. The predicted octanol–water partition coefficient (Wildman–Crippen LogP) is 1.08. The van der Waals surface area contributed by atoms with Crippen molar-refractivity contribution in [2.24, 2.45) is 5.92 Å². The van der Waals surface area contributed by atoms with Crippen LogP contribution in [0, 0.1) is 5.92 Å². The van der Waals surface area contributed by atoms with E-state index in [1.165, 1.54) is 0 Å². The molecule has 2 nitrogen and oxygen atoms in total. The molecule has 1 aliphatic carbocycles. The molecule has 0 aromatic carbocycles. The summed E-state index contributed by atoms with van der Waals surface area (Å²) in [5, 5.41) is 0. The van der Waals surface area contributed by atoms with E-state index in [1.54, 1.807) is 0 Å².